The van der Waals surface area contributed by atoms with Gasteiger partial charge >= 0.3 is 0 Å². The molecule has 0 heterocycles. The molecule has 0 amide bonds. The van der Waals surface area contributed by atoms with Crippen molar-refractivity contribution in [2.24, 2.45) is 0 Å². The first kappa shape index (κ1) is 34.3. The first-order valence-corrected chi connectivity index (χ1v) is 22.1. The van der Waals surface area contributed by atoms with Crippen LogP contribution in [0, 0.1) is 6.92 Å². The average Bonchev–Trinajstić information content (AvgIpc) is 4.01. The van der Waals surface area contributed by atoms with Gasteiger partial charge in [0.15, 0.2) is 0 Å². The molecule has 0 aliphatic heterocycles. The summed E-state index contributed by atoms with van der Waals surface area (Å²) < 4.78 is 0. The van der Waals surface area contributed by atoms with Crippen LogP contribution in [0.15, 0.2) is 212 Å². The van der Waals surface area contributed by atoms with Gasteiger partial charge in [-0.25, -0.2) is 0 Å². The molecule has 1 nitrogen and oxygen atoms in total. The van der Waals surface area contributed by atoms with Crippen molar-refractivity contribution in [2.75, 3.05) is 4.90 Å². The summed E-state index contributed by atoms with van der Waals surface area (Å²) in [5.74, 6) is 0. The second-order valence-electron chi connectivity index (χ2n) is 17.9. The van der Waals surface area contributed by atoms with E-state index in [4.69, 9.17) is 0 Å². The van der Waals surface area contributed by atoms with Gasteiger partial charge in [0.05, 0.1) is 10.8 Å². The molecular formula is C61H41N. The third kappa shape index (κ3) is 4.18. The molecule has 0 fully saturated rings. The van der Waals surface area contributed by atoms with Gasteiger partial charge in [0.25, 0.3) is 0 Å². The van der Waals surface area contributed by atoms with E-state index in [1.54, 1.807) is 0 Å². The predicted octanol–water partition coefficient (Wildman–Crippen LogP) is 15.4. The van der Waals surface area contributed by atoms with Crippen LogP contribution >= 0.6 is 0 Å². The summed E-state index contributed by atoms with van der Waals surface area (Å²) in [4.78, 5) is 2.54. The lowest BCUT2D eigenvalue weighted by molar-refractivity contribution is 0.755. The molecule has 2 unspecified atom stereocenters. The number of allylic oxidation sites excluding steroid dienone is 4. The fourth-order valence-electron chi connectivity index (χ4n) is 12.7. The molecule has 0 N–H and O–H groups in total. The molecule has 14 rings (SSSR count). The van der Waals surface area contributed by atoms with E-state index < -0.39 is 5.41 Å². The molecule has 0 saturated heterocycles. The number of hydrogen-bond donors (Lipinski definition) is 0. The van der Waals surface area contributed by atoms with Gasteiger partial charge in [-0.1, -0.05) is 175 Å². The summed E-state index contributed by atoms with van der Waals surface area (Å²) in [7, 11) is 0. The van der Waals surface area contributed by atoms with E-state index in [9.17, 15) is 0 Å². The van der Waals surface area contributed by atoms with Gasteiger partial charge in [-0.3, -0.25) is 0 Å². The highest BCUT2D eigenvalue weighted by molar-refractivity contribution is 6.06. The van der Waals surface area contributed by atoms with E-state index in [0.717, 1.165) is 29.9 Å². The minimum Gasteiger partial charge on any atom is -0.310 e. The van der Waals surface area contributed by atoms with Gasteiger partial charge in [0.1, 0.15) is 0 Å². The molecule has 62 heavy (non-hydrogen) atoms. The van der Waals surface area contributed by atoms with Gasteiger partial charge in [0, 0.05) is 17.1 Å². The first-order valence-electron chi connectivity index (χ1n) is 22.1. The summed E-state index contributed by atoms with van der Waals surface area (Å²) in [6.45, 7) is 2.23. The van der Waals surface area contributed by atoms with Crippen LogP contribution in [0.5, 0.6) is 0 Å². The normalized spacial score (nSPS) is 18.9. The number of fused-ring (bicyclic) bond motifs is 8. The van der Waals surface area contributed by atoms with Crippen molar-refractivity contribution in [3.8, 4) is 33.4 Å². The molecule has 1 spiro atoms. The maximum Gasteiger partial charge on any atom is 0.0738 e. The Balaban J connectivity index is 1.05. The smallest absolute Gasteiger partial charge is 0.0738 e. The standard InChI is InChI=1S/C61H41N/c1-38-14-11-19-42(34-38)60(41-17-3-2-4-18-41)54-26-9-7-20-46(54)48-32-30-44(36-56(48)60)62(43-29-28-39-15-5-6-16-40(39)35-43)45-31-33-49-51-23-13-25-53-52-24-12-22-50-47-21-8-10-27-55(47)61(58(50)52,59(51)53)57(49)37-45/h2-6,8-19,21-37H,7,20H2,1H3. The molecule has 0 bridgehead atoms. The van der Waals surface area contributed by atoms with Crippen molar-refractivity contribution in [2.45, 2.75) is 30.6 Å². The fourth-order valence-corrected chi connectivity index (χ4v) is 12.7. The molecule has 2 atom stereocenters. The molecule has 9 aromatic rings. The van der Waals surface area contributed by atoms with Crippen LogP contribution < -0.4 is 4.90 Å². The van der Waals surface area contributed by atoms with E-state index in [-0.39, 0.29) is 5.41 Å². The largest absolute Gasteiger partial charge is 0.310 e. The van der Waals surface area contributed by atoms with Crippen molar-refractivity contribution in [1.82, 2.24) is 0 Å². The van der Waals surface area contributed by atoms with E-state index in [0.29, 0.717) is 0 Å². The number of rotatable bonds is 5. The highest BCUT2D eigenvalue weighted by atomic mass is 15.1. The Labute approximate surface area is 362 Å². The van der Waals surface area contributed by atoms with Gasteiger partial charge < -0.3 is 4.90 Å². The topological polar surface area (TPSA) is 3.24 Å². The first-order chi connectivity index (χ1) is 30.7. The van der Waals surface area contributed by atoms with E-state index in [2.05, 4.69) is 218 Å². The highest BCUT2D eigenvalue weighted by Gasteiger charge is 2.57. The van der Waals surface area contributed by atoms with Crippen LogP contribution in [0.3, 0.4) is 0 Å². The van der Waals surface area contributed by atoms with Gasteiger partial charge in [-0.05, 0) is 156 Å². The maximum absolute atomic E-state index is 2.55. The Kier molecular flexibility index (Phi) is 6.80. The molecular weight excluding hydrogens is 747 g/mol. The minimum atomic E-state index is -0.466. The van der Waals surface area contributed by atoms with E-state index in [1.165, 1.54) is 105 Å². The van der Waals surface area contributed by atoms with Crippen molar-refractivity contribution >= 4 is 33.4 Å². The van der Waals surface area contributed by atoms with E-state index >= 15 is 0 Å². The van der Waals surface area contributed by atoms with E-state index in [1.807, 2.05) is 0 Å². The second kappa shape index (κ2) is 12.3. The molecule has 1 heteroatoms. The predicted molar refractivity (Wildman–Crippen MR) is 257 cm³/mol. The Morgan fingerprint density at radius 2 is 0.968 bits per heavy atom. The SMILES string of the molecule is Cc1cccc(C2(c3ccccc3)C3=C(CCC=C3)c3ccc(N(c4ccc5c(c4)C46c7ccccc7-c7cccc(c74)-c4cccc-5c46)c4ccc5ccccc5c4)cc32)c1. The number of aryl methyl sites for hydroxylation is 1. The minimum absolute atomic E-state index is 0.365. The summed E-state index contributed by atoms with van der Waals surface area (Å²) in [5.41, 5.74) is 25.9. The lowest BCUT2D eigenvalue weighted by Crippen LogP contribution is -2.30. The number of hydrogen-bond acceptors (Lipinski definition) is 1. The molecule has 0 radical (unpaired) electrons. The number of benzene rings is 9. The molecule has 0 aromatic heterocycles. The van der Waals surface area contributed by atoms with Crippen LogP contribution in [0.4, 0.5) is 17.1 Å². The Morgan fingerprint density at radius 1 is 0.403 bits per heavy atom. The van der Waals surface area contributed by atoms with Crippen LogP contribution in [-0.2, 0) is 10.8 Å². The van der Waals surface area contributed by atoms with Crippen molar-refractivity contribution < 1.29 is 0 Å². The zero-order chi connectivity index (χ0) is 40.7. The van der Waals surface area contributed by atoms with Crippen LogP contribution in [0.25, 0.3) is 49.7 Å². The Morgan fingerprint density at radius 3 is 1.73 bits per heavy atom. The van der Waals surface area contributed by atoms with Gasteiger partial charge in [0.2, 0.25) is 0 Å². The Bertz CT molecular complexity index is 3460. The molecule has 5 aliphatic rings. The maximum atomic E-state index is 2.55. The molecule has 290 valence electrons. The average molecular weight is 788 g/mol. The molecule has 0 saturated carbocycles. The fraction of sp³-hybridized carbons (Fsp3) is 0.0820. The van der Waals surface area contributed by atoms with Crippen molar-refractivity contribution in [3.63, 3.8) is 0 Å². The quantitative estimate of drug-likeness (QED) is 0.168. The zero-order valence-electron chi connectivity index (χ0n) is 34.5. The summed E-state index contributed by atoms with van der Waals surface area (Å²) in [6.07, 6.45) is 6.92. The lowest BCUT2D eigenvalue weighted by atomic mass is 9.66. The third-order valence-corrected chi connectivity index (χ3v) is 15.0. The summed E-state index contributed by atoms with van der Waals surface area (Å²) in [6, 6.07) is 74.1. The van der Waals surface area contributed by atoms with Gasteiger partial charge in [-0.2, -0.15) is 0 Å². The number of nitrogens with zero attached hydrogens (tertiary/aromatic N) is 1. The van der Waals surface area contributed by atoms with Crippen LogP contribution in [-0.4, -0.2) is 0 Å². The summed E-state index contributed by atoms with van der Waals surface area (Å²) >= 11 is 0. The molecule has 9 aromatic carbocycles. The highest BCUT2D eigenvalue weighted by Crippen LogP contribution is 2.70. The monoisotopic (exact) mass is 787 g/mol. The molecule has 5 aliphatic carbocycles. The lowest BCUT2D eigenvalue weighted by Gasteiger charge is -2.36. The number of anilines is 3. The summed E-state index contributed by atoms with van der Waals surface area (Å²) in [5, 5.41) is 2.47. The van der Waals surface area contributed by atoms with Crippen molar-refractivity contribution in [1.29, 1.82) is 0 Å². The second-order valence-corrected chi connectivity index (χ2v) is 17.9. The van der Waals surface area contributed by atoms with Crippen LogP contribution in [0.2, 0.25) is 0 Å². The zero-order valence-corrected chi connectivity index (χ0v) is 34.5. The van der Waals surface area contributed by atoms with Crippen LogP contribution in [0.1, 0.15) is 62.9 Å². The third-order valence-electron chi connectivity index (χ3n) is 15.0. The Hall–Kier alpha value is -7.48. The van der Waals surface area contributed by atoms with Crippen molar-refractivity contribution in [3.05, 3.63) is 262 Å². The van der Waals surface area contributed by atoms with Gasteiger partial charge in [-0.15, -0.1) is 0 Å².